The molecule has 2 rings (SSSR count). The highest BCUT2D eigenvalue weighted by Gasteiger charge is 2.17. The van der Waals surface area contributed by atoms with Gasteiger partial charge in [-0.1, -0.05) is 24.3 Å². The number of hydrogen-bond donors (Lipinski definition) is 2. The molecule has 0 spiro atoms. The van der Waals surface area contributed by atoms with Crippen molar-refractivity contribution >= 4 is 28.8 Å². The molecule has 6 nitrogen and oxygen atoms in total. The molecule has 1 unspecified atom stereocenters. The third kappa shape index (κ3) is 4.64. The Hall–Kier alpha value is -2.22. The predicted octanol–water partition coefficient (Wildman–Crippen LogP) is 1.93. The number of carbonyl (C=O) groups is 2. The number of nitrogens with one attached hydrogen (secondary N) is 1. The molecule has 1 atom stereocenters. The van der Waals surface area contributed by atoms with Gasteiger partial charge in [0.25, 0.3) is 5.91 Å². The second kappa shape index (κ2) is 8.58. The van der Waals surface area contributed by atoms with E-state index in [4.69, 9.17) is 10.5 Å². The maximum Gasteiger partial charge on any atom is 0.263 e. The monoisotopic (exact) mass is 347 g/mol. The maximum absolute atomic E-state index is 12.3. The highest BCUT2D eigenvalue weighted by Crippen LogP contribution is 2.19. The molecule has 1 aromatic carbocycles. The van der Waals surface area contributed by atoms with E-state index in [1.54, 1.807) is 24.1 Å². The van der Waals surface area contributed by atoms with Crippen LogP contribution in [0.3, 0.4) is 0 Å². The molecule has 24 heavy (non-hydrogen) atoms. The second-order valence-electron chi connectivity index (χ2n) is 5.35. The van der Waals surface area contributed by atoms with E-state index in [0.717, 1.165) is 5.56 Å². The van der Waals surface area contributed by atoms with Crippen LogP contribution in [0.4, 0.5) is 5.69 Å². The van der Waals surface area contributed by atoms with Crippen molar-refractivity contribution in [2.45, 2.75) is 12.6 Å². The number of amides is 2. The number of para-hydroxylation sites is 1. The molecule has 3 N–H and O–H groups in total. The number of ether oxygens (including phenoxy) is 1. The van der Waals surface area contributed by atoms with Crippen molar-refractivity contribution < 1.29 is 14.3 Å². The first kappa shape index (κ1) is 18.1. The summed E-state index contributed by atoms with van der Waals surface area (Å²) in [6.45, 7) is 0.525. The molecular weight excluding hydrogens is 326 g/mol. The van der Waals surface area contributed by atoms with Gasteiger partial charge in [0.15, 0.2) is 0 Å². The van der Waals surface area contributed by atoms with Crippen LogP contribution in [0.2, 0.25) is 0 Å². The smallest absolute Gasteiger partial charge is 0.263 e. The van der Waals surface area contributed by atoms with Gasteiger partial charge in [-0.2, -0.15) is 0 Å². The minimum absolute atomic E-state index is 0.0535. The first-order valence-electron chi connectivity index (χ1n) is 7.45. The summed E-state index contributed by atoms with van der Waals surface area (Å²) in [5.41, 5.74) is 7.21. The Kier molecular flexibility index (Phi) is 6.48. The third-order valence-corrected chi connectivity index (χ3v) is 4.30. The molecular formula is C17H21N3O3S. The number of rotatable bonds is 7. The molecule has 1 aromatic heterocycles. The van der Waals surface area contributed by atoms with Crippen molar-refractivity contribution in [3.63, 3.8) is 0 Å². The van der Waals surface area contributed by atoms with Gasteiger partial charge in [-0.15, -0.1) is 11.3 Å². The number of methoxy groups -OCH3 is 1. The minimum Gasteiger partial charge on any atom is -0.383 e. The number of hydrogen-bond acceptors (Lipinski definition) is 5. The van der Waals surface area contributed by atoms with Crippen molar-refractivity contribution in [2.75, 3.05) is 26.1 Å². The number of carbonyl (C=O) groups excluding carboxylic acids is 2. The first-order chi connectivity index (χ1) is 11.5. The van der Waals surface area contributed by atoms with Gasteiger partial charge in [0.05, 0.1) is 11.5 Å². The SMILES string of the molecule is COCC(N)C(=O)Nc1ccccc1CN(C)C(=O)c1cccs1. The Labute approximate surface area is 145 Å². The van der Waals surface area contributed by atoms with E-state index in [0.29, 0.717) is 17.1 Å². The number of benzene rings is 1. The Bertz CT molecular complexity index is 688. The average Bonchev–Trinajstić information content (AvgIpc) is 3.10. The predicted molar refractivity (Wildman–Crippen MR) is 95.0 cm³/mol. The zero-order valence-electron chi connectivity index (χ0n) is 13.7. The quantitative estimate of drug-likeness (QED) is 0.801. The molecule has 0 fully saturated rings. The van der Waals surface area contributed by atoms with Crippen LogP contribution < -0.4 is 11.1 Å². The number of thiophene rings is 1. The molecule has 0 aliphatic carbocycles. The number of anilines is 1. The highest BCUT2D eigenvalue weighted by atomic mass is 32.1. The van der Waals surface area contributed by atoms with Crippen molar-refractivity contribution in [1.82, 2.24) is 4.90 Å². The van der Waals surface area contributed by atoms with Gasteiger partial charge >= 0.3 is 0 Å². The van der Waals surface area contributed by atoms with Crippen LogP contribution in [0.5, 0.6) is 0 Å². The highest BCUT2D eigenvalue weighted by molar-refractivity contribution is 7.12. The van der Waals surface area contributed by atoms with Gasteiger partial charge < -0.3 is 20.7 Å². The van der Waals surface area contributed by atoms with Crippen LogP contribution in [-0.4, -0.2) is 43.5 Å². The molecule has 2 aromatic rings. The van der Waals surface area contributed by atoms with Gasteiger partial charge in [-0.3, -0.25) is 9.59 Å². The lowest BCUT2D eigenvalue weighted by Crippen LogP contribution is -2.39. The zero-order valence-corrected chi connectivity index (χ0v) is 14.5. The van der Waals surface area contributed by atoms with Gasteiger partial charge in [-0.25, -0.2) is 0 Å². The van der Waals surface area contributed by atoms with E-state index in [1.165, 1.54) is 18.4 Å². The van der Waals surface area contributed by atoms with E-state index < -0.39 is 6.04 Å². The molecule has 128 valence electrons. The van der Waals surface area contributed by atoms with E-state index in [1.807, 2.05) is 29.6 Å². The Balaban J connectivity index is 2.08. The van der Waals surface area contributed by atoms with Crippen LogP contribution in [-0.2, 0) is 16.1 Å². The Morgan fingerprint density at radius 1 is 1.29 bits per heavy atom. The molecule has 0 aliphatic rings. The fraction of sp³-hybridized carbons (Fsp3) is 0.294. The standard InChI is InChI=1S/C17H21N3O3S/c1-20(17(22)15-8-5-9-24-15)10-12-6-3-4-7-14(12)19-16(21)13(18)11-23-2/h3-9,13H,10-11,18H2,1-2H3,(H,19,21). The summed E-state index contributed by atoms with van der Waals surface area (Å²) in [4.78, 5) is 26.7. The van der Waals surface area contributed by atoms with Crippen LogP contribution in [0.25, 0.3) is 0 Å². The fourth-order valence-electron chi connectivity index (χ4n) is 2.18. The summed E-state index contributed by atoms with van der Waals surface area (Å²) >= 11 is 1.40. The van der Waals surface area contributed by atoms with Crippen LogP contribution >= 0.6 is 11.3 Å². The van der Waals surface area contributed by atoms with Crippen molar-refractivity contribution in [3.05, 3.63) is 52.2 Å². The van der Waals surface area contributed by atoms with Gasteiger partial charge in [0.1, 0.15) is 6.04 Å². The number of nitrogens with zero attached hydrogens (tertiary/aromatic N) is 1. The average molecular weight is 347 g/mol. The third-order valence-electron chi connectivity index (χ3n) is 3.44. The Morgan fingerprint density at radius 3 is 2.71 bits per heavy atom. The van der Waals surface area contributed by atoms with Gasteiger partial charge in [-0.05, 0) is 23.1 Å². The van der Waals surface area contributed by atoms with E-state index >= 15 is 0 Å². The van der Waals surface area contributed by atoms with Crippen LogP contribution in [0.15, 0.2) is 41.8 Å². The van der Waals surface area contributed by atoms with Gasteiger partial charge in [0.2, 0.25) is 5.91 Å². The van der Waals surface area contributed by atoms with Gasteiger partial charge in [0, 0.05) is 26.4 Å². The van der Waals surface area contributed by atoms with Crippen molar-refractivity contribution in [1.29, 1.82) is 0 Å². The largest absolute Gasteiger partial charge is 0.383 e. The lowest BCUT2D eigenvalue weighted by Gasteiger charge is -2.19. The topological polar surface area (TPSA) is 84.7 Å². The molecule has 0 saturated carbocycles. The summed E-state index contributed by atoms with van der Waals surface area (Å²) in [7, 11) is 3.23. The number of nitrogens with two attached hydrogens (primary N) is 1. The van der Waals surface area contributed by atoms with E-state index in [-0.39, 0.29) is 18.4 Å². The normalized spacial score (nSPS) is 11.8. The molecule has 0 aliphatic heterocycles. The molecule has 0 bridgehead atoms. The molecule has 2 amide bonds. The van der Waals surface area contributed by atoms with Crippen molar-refractivity contribution in [3.8, 4) is 0 Å². The Morgan fingerprint density at radius 2 is 2.04 bits per heavy atom. The lowest BCUT2D eigenvalue weighted by molar-refractivity contribution is -0.118. The molecule has 7 heteroatoms. The molecule has 0 saturated heterocycles. The maximum atomic E-state index is 12.3. The zero-order chi connectivity index (χ0) is 17.5. The summed E-state index contributed by atoms with van der Waals surface area (Å²) in [5, 5.41) is 4.66. The van der Waals surface area contributed by atoms with Crippen LogP contribution in [0.1, 0.15) is 15.2 Å². The summed E-state index contributed by atoms with van der Waals surface area (Å²) in [5.74, 6) is -0.376. The van der Waals surface area contributed by atoms with Crippen LogP contribution in [0, 0.1) is 0 Å². The summed E-state index contributed by atoms with van der Waals surface area (Å²) in [6.07, 6.45) is 0. The fourth-order valence-corrected chi connectivity index (χ4v) is 2.89. The van der Waals surface area contributed by atoms with E-state index in [2.05, 4.69) is 5.32 Å². The van der Waals surface area contributed by atoms with E-state index in [9.17, 15) is 9.59 Å². The lowest BCUT2D eigenvalue weighted by atomic mass is 10.1. The second-order valence-corrected chi connectivity index (χ2v) is 6.29. The first-order valence-corrected chi connectivity index (χ1v) is 8.33. The summed E-state index contributed by atoms with van der Waals surface area (Å²) in [6, 6.07) is 10.2. The van der Waals surface area contributed by atoms with Crippen molar-refractivity contribution in [2.24, 2.45) is 5.73 Å². The summed E-state index contributed by atoms with van der Waals surface area (Å²) < 4.78 is 4.89. The molecule has 0 radical (unpaired) electrons. The molecule has 1 heterocycles. The minimum atomic E-state index is -0.742.